The second kappa shape index (κ2) is 6.28. The van der Waals surface area contributed by atoms with Gasteiger partial charge in [0.2, 0.25) is 0 Å². The fourth-order valence-corrected chi connectivity index (χ4v) is 2.36. The Balaban J connectivity index is 1.86. The number of benzene rings is 1. The minimum Gasteiger partial charge on any atom is -0.373 e. The van der Waals surface area contributed by atoms with Crippen LogP contribution in [-0.4, -0.2) is 32.3 Å². The molecule has 0 bridgehead atoms. The first-order valence-corrected chi connectivity index (χ1v) is 7.47. The average molecular weight is 292 g/mol. The van der Waals surface area contributed by atoms with E-state index in [9.17, 15) is 5.11 Å². The predicted molar refractivity (Wildman–Crippen MR) is 81.9 cm³/mol. The highest BCUT2D eigenvalue weighted by atomic mass is 32.2. The third-order valence-corrected chi connectivity index (χ3v) is 3.81. The molecule has 0 aliphatic heterocycles. The van der Waals surface area contributed by atoms with Crippen LogP contribution in [0.3, 0.4) is 0 Å². The van der Waals surface area contributed by atoms with E-state index < -0.39 is 6.23 Å². The van der Waals surface area contributed by atoms with Crippen LogP contribution < -0.4 is 5.32 Å². The van der Waals surface area contributed by atoms with Crippen LogP contribution in [0.2, 0.25) is 0 Å². The Labute approximate surface area is 123 Å². The number of anilines is 1. The van der Waals surface area contributed by atoms with Crippen molar-refractivity contribution in [3.63, 3.8) is 0 Å². The molecule has 0 radical (unpaired) electrons. The van der Waals surface area contributed by atoms with Gasteiger partial charge in [-0.2, -0.15) is 5.10 Å². The molecule has 5 nitrogen and oxygen atoms in total. The fourth-order valence-electron chi connectivity index (χ4n) is 1.72. The van der Waals surface area contributed by atoms with Crippen LogP contribution in [0, 0.1) is 0 Å². The molecule has 0 saturated heterocycles. The molecule has 108 valence electrons. The van der Waals surface area contributed by atoms with E-state index >= 15 is 0 Å². The zero-order valence-corrected chi connectivity index (χ0v) is 12.7. The highest BCUT2D eigenvalue weighted by molar-refractivity contribution is 7.99. The quantitative estimate of drug-likeness (QED) is 0.583. The first-order valence-electron chi connectivity index (χ1n) is 6.48. The number of aromatic amines is 1. The number of thioether (sulfide) groups is 1. The molecule has 0 fully saturated rings. The maximum Gasteiger partial charge on any atom is 0.183 e. The lowest BCUT2D eigenvalue weighted by atomic mass is 9.87. The lowest BCUT2D eigenvalue weighted by Crippen LogP contribution is -2.21. The number of H-pyrrole nitrogens is 1. The summed E-state index contributed by atoms with van der Waals surface area (Å²) < 4.78 is 0. The van der Waals surface area contributed by atoms with Gasteiger partial charge in [-0.3, -0.25) is 5.10 Å². The molecule has 3 N–H and O–H groups in total. The smallest absolute Gasteiger partial charge is 0.183 e. The van der Waals surface area contributed by atoms with Gasteiger partial charge in [0, 0.05) is 11.4 Å². The number of hydrogen-bond donors (Lipinski definition) is 3. The third-order valence-electron chi connectivity index (χ3n) is 2.86. The van der Waals surface area contributed by atoms with Gasteiger partial charge >= 0.3 is 0 Å². The molecule has 1 aromatic heterocycles. The molecular formula is C14H20N4OS. The first kappa shape index (κ1) is 14.9. The zero-order chi connectivity index (χ0) is 14.6. The van der Waals surface area contributed by atoms with Crippen molar-refractivity contribution in [2.24, 2.45) is 0 Å². The zero-order valence-electron chi connectivity index (χ0n) is 11.9. The molecule has 0 aliphatic carbocycles. The molecule has 20 heavy (non-hydrogen) atoms. The highest BCUT2D eigenvalue weighted by Crippen LogP contribution is 2.23. The Morgan fingerprint density at radius 2 is 2.00 bits per heavy atom. The van der Waals surface area contributed by atoms with Gasteiger partial charge in [0.05, 0.1) is 0 Å². The molecular weight excluding hydrogens is 272 g/mol. The van der Waals surface area contributed by atoms with E-state index in [1.807, 2.05) is 12.1 Å². The monoisotopic (exact) mass is 292 g/mol. The van der Waals surface area contributed by atoms with Crippen molar-refractivity contribution >= 4 is 17.4 Å². The van der Waals surface area contributed by atoms with Crippen LogP contribution in [0.25, 0.3) is 0 Å². The Kier molecular flexibility index (Phi) is 4.67. The first-order chi connectivity index (χ1) is 9.45. The predicted octanol–water partition coefficient (Wildman–Crippen LogP) is 2.62. The summed E-state index contributed by atoms with van der Waals surface area (Å²) in [7, 11) is 0. The van der Waals surface area contributed by atoms with Crippen molar-refractivity contribution in [3.8, 4) is 0 Å². The van der Waals surface area contributed by atoms with Gasteiger partial charge in [-0.15, -0.1) is 0 Å². The van der Waals surface area contributed by atoms with E-state index in [0.29, 0.717) is 10.9 Å². The summed E-state index contributed by atoms with van der Waals surface area (Å²) in [5.41, 5.74) is 2.32. The molecule has 2 aromatic rings. The maximum atomic E-state index is 9.94. The molecule has 0 saturated carbocycles. The maximum absolute atomic E-state index is 9.94. The summed E-state index contributed by atoms with van der Waals surface area (Å²) in [6, 6.07) is 8.14. The van der Waals surface area contributed by atoms with Gasteiger partial charge in [0.25, 0.3) is 0 Å². The van der Waals surface area contributed by atoms with Gasteiger partial charge < -0.3 is 10.4 Å². The van der Waals surface area contributed by atoms with E-state index in [-0.39, 0.29) is 5.41 Å². The molecule has 1 heterocycles. The Morgan fingerprint density at radius 3 is 2.55 bits per heavy atom. The largest absolute Gasteiger partial charge is 0.373 e. The van der Waals surface area contributed by atoms with Crippen LogP contribution in [0.4, 0.5) is 5.69 Å². The summed E-state index contributed by atoms with van der Waals surface area (Å²) in [5.74, 6) is 0.496. The van der Waals surface area contributed by atoms with Crippen molar-refractivity contribution < 1.29 is 5.11 Å². The minimum atomic E-state index is -0.634. The van der Waals surface area contributed by atoms with Crippen LogP contribution >= 0.6 is 11.8 Å². The minimum absolute atomic E-state index is 0.138. The number of nitrogens with zero attached hydrogens (tertiary/aromatic N) is 2. The van der Waals surface area contributed by atoms with E-state index in [0.717, 1.165) is 5.69 Å². The van der Waals surface area contributed by atoms with Crippen molar-refractivity contribution in [2.75, 3.05) is 11.1 Å². The molecule has 6 heteroatoms. The molecule has 1 aromatic carbocycles. The van der Waals surface area contributed by atoms with Gasteiger partial charge in [-0.25, -0.2) is 4.98 Å². The van der Waals surface area contributed by atoms with Gasteiger partial charge in [0.15, 0.2) is 5.16 Å². The lowest BCUT2D eigenvalue weighted by molar-refractivity contribution is 0.229. The van der Waals surface area contributed by atoms with Crippen LogP contribution in [0.5, 0.6) is 0 Å². The van der Waals surface area contributed by atoms with Crippen LogP contribution in [0.15, 0.2) is 35.7 Å². The summed E-state index contributed by atoms with van der Waals surface area (Å²) in [4.78, 5) is 3.99. The van der Waals surface area contributed by atoms with Gasteiger partial charge in [0.1, 0.15) is 12.6 Å². The van der Waals surface area contributed by atoms with E-state index in [1.165, 1.54) is 23.7 Å². The van der Waals surface area contributed by atoms with Crippen molar-refractivity contribution in [1.29, 1.82) is 0 Å². The molecule has 0 spiro atoms. The molecule has 1 atom stereocenters. The second-order valence-corrected chi connectivity index (χ2v) is 6.60. The molecule has 1 unspecified atom stereocenters. The number of aliphatic hydroxyl groups excluding tert-OH is 1. The Hall–Kier alpha value is -1.53. The number of aliphatic hydroxyl groups is 1. The normalized spacial score (nSPS) is 13.2. The topological polar surface area (TPSA) is 73.8 Å². The van der Waals surface area contributed by atoms with Crippen LogP contribution in [-0.2, 0) is 5.41 Å². The highest BCUT2D eigenvalue weighted by Gasteiger charge is 2.13. The molecule has 0 aliphatic rings. The summed E-state index contributed by atoms with van der Waals surface area (Å²) in [6.45, 7) is 6.54. The van der Waals surface area contributed by atoms with Gasteiger partial charge in [-0.05, 0) is 23.1 Å². The average Bonchev–Trinajstić information content (AvgIpc) is 2.89. The third kappa shape index (κ3) is 4.25. The van der Waals surface area contributed by atoms with E-state index in [2.05, 4.69) is 53.4 Å². The van der Waals surface area contributed by atoms with E-state index in [4.69, 9.17) is 0 Å². The fraction of sp³-hybridized carbons (Fsp3) is 0.429. The Bertz CT molecular complexity index is 519. The van der Waals surface area contributed by atoms with Gasteiger partial charge in [-0.1, -0.05) is 44.7 Å². The number of rotatable bonds is 5. The van der Waals surface area contributed by atoms with Crippen molar-refractivity contribution in [2.45, 2.75) is 37.6 Å². The number of aromatic nitrogens is 3. The number of hydrogen-bond acceptors (Lipinski definition) is 5. The molecule has 0 amide bonds. The van der Waals surface area contributed by atoms with E-state index in [1.54, 1.807) is 0 Å². The van der Waals surface area contributed by atoms with Crippen molar-refractivity contribution in [1.82, 2.24) is 15.2 Å². The van der Waals surface area contributed by atoms with Crippen LogP contribution in [0.1, 0.15) is 26.3 Å². The van der Waals surface area contributed by atoms with Crippen molar-refractivity contribution in [3.05, 3.63) is 36.2 Å². The summed E-state index contributed by atoms with van der Waals surface area (Å²) in [6.07, 6.45) is 0.818. The summed E-state index contributed by atoms with van der Waals surface area (Å²) >= 11 is 1.42. The lowest BCUT2D eigenvalue weighted by Gasteiger charge is -2.20. The molecule has 2 rings (SSSR count). The second-order valence-electron chi connectivity index (χ2n) is 5.59. The number of nitrogens with one attached hydrogen (secondary N) is 2. The summed E-state index contributed by atoms with van der Waals surface area (Å²) in [5, 5.41) is 20.2. The SMILES string of the molecule is CC(C)(C)c1ccc(NC(O)CSc2ncn[nH]2)cc1. The Morgan fingerprint density at radius 1 is 1.30 bits per heavy atom. The standard InChI is InChI=1S/C14H20N4OS/c1-14(2,3)10-4-6-11(7-5-10)17-12(19)8-20-13-15-9-16-18-13/h4-7,9,12,17,19H,8H2,1-3H3,(H,15,16,18).